The SMILES string of the molecule is O=C(O)c1ccc(NC(=O)c2cncc(F)c2)c(Cl)c1. The van der Waals surface area contributed by atoms with Crippen molar-refractivity contribution < 1.29 is 19.1 Å². The molecule has 7 heteroatoms. The van der Waals surface area contributed by atoms with Gasteiger partial charge in [-0.25, -0.2) is 9.18 Å². The van der Waals surface area contributed by atoms with Crippen molar-refractivity contribution in [2.75, 3.05) is 5.32 Å². The van der Waals surface area contributed by atoms with Crippen LogP contribution in [0.5, 0.6) is 0 Å². The highest BCUT2D eigenvalue weighted by Crippen LogP contribution is 2.23. The van der Waals surface area contributed by atoms with Crippen molar-refractivity contribution >= 4 is 29.2 Å². The third-order valence-corrected chi connectivity index (χ3v) is 2.74. The zero-order valence-electron chi connectivity index (χ0n) is 9.93. The number of aromatic nitrogens is 1. The zero-order chi connectivity index (χ0) is 14.7. The number of nitrogens with one attached hydrogen (secondary N) is 1. The van der Waals surface area contributed by atoms with Gasteiger partial charge < -0.3 is 10.4 Å². The van der Waals surface area contributed by atoms with Gasteiger partial charge in [-0.05, 0) is 24.3 Å². The molecule has 1 aromatic carbocycles. The van der Waals surface area contributed by atoms with Crippen LogP contribution in [-0.2, 0) is 0 Å². The molecule has 0 saturated carbocycles. The lowest BCUT2D eigenvalue weighted by Crippen LogP contribution is -2.13. The maximum atomic E-state index is 13.0. The van der Waals surface area contributed by atoms with Crippen molar-refractivity contribution in [2.24, 2.45) is 0 Å². The number of hydrogen-bond donors (Lipinski definition) is 2. The van der Waals surface area contributed by atoms with Crippen LogP contribution in [0.2, 0.25) is 5.02 Å². The van der Waals surface area contributed by atoms with Gasteiger partial charge in [0.1, 0.15) is 5.82 Å². The second kappa shape index (κ2) is 5.66. The second-order valence-electron chi connectivity index (χ2n) is 3.85. The van der Waals surface area contributed by atoms with Gasteiger partial charge in [0.2, 0.25) is 0 Å². The minimum absolute atomic E-state index is 0.000390. The monoisotopic (exact) mass is 294 g/mol. The predicted octanol–water partition coefficient (Wildman–Crippen LogP) is 2.82. The first-order chi connectivity index (χ1) is 9.47. The van der Waals surface area contributed by atoms with E-state index in [0.29, 0.717) is 0 Å². The van der Waals surface area contributed by atoms with E-state index in [1.807, 2.05) is 0 Å². The molecule has 0 bridgehead atoms. The lowest BCUT2D eigenvalue weighted by atomic mass is 10.2. The van der Waals surface area contributed by atoms with E-state index in [2.05, 4.69) is 10.3 Å². The zero-order valence-corrected chi connectivity index (χ0v) is 10.7. The number of carboxylic acid groups (broad SMARTS) is 1. The van der Waals surface area contributed by atoms with E-state index in [-0.39, 0.29) is 21.8 Å². The number of nitrogens with zero attached hydrogens (tertiary/aromatic N) is 1. The van der Waals surface area contributed by atoms with Gasteiger partial charge in [0, 0.05) is 6.20 Å². The number of carboxylic acids is 1. The lowest BCUT2D eigenvalue weighted by Gasteiger charge is -2.07. The maximum absolute atomic E-state index is 13.0. The number of carbonyl (C=O) groups is 2. The highest BCUT2D eigenvalue weighted by atomic mass is 35.5. The van der Waals surface area contributed by atoms with Crippen LogP contribution in [0.3, 0.4) is 0 Å². The van der Waals surface area contributed by atoms with Gasteiger partial charge >= 0.3 is 5.97 Å². The number of benzene rings is 1. The molecular weight excluding hydrogens is 287 g/mol. The van der Waals surface area contributed by atoms with E-state index in [9.17, 15) is 14.0 Å². The van der Waals surface area contributed by atoms with Crippen LogP contribution >= 0.6 is 11.6 Å². The van der Waals surface area contributed by atoms with Gasteiger partial charge in [-0.2, -0.15) is 0 Å². The largest absolute Gasteiger partial charge is 0.478 e. The molecule has 0 aliphatic carbocycles. The summed E-state index contributed by atoms with van der Waals surface area (Å²) in [4.78, 5) is 26.2. The molecule has 0 saturated heterocycles. The minimum Gasteiger partial charge on any atom is -0.478 e. The van der Waals surface area contributed by atoms with E-state index in [1.165, 1.54) is 24.4 Å². The fraction of sp³-hybridized carbons (Fsp3) is 0. The molecule has 0 radical (unpaired) electrons. The molecule has 2 rings (SSSR count). The van der Waals surface area contributed by atoms with Crippen molar-refractivity contribution in [2.45, 2.75) is 0 Å². The Bertz CT molecular complexity index is 691. The summed E-state index contributed by atoms with van der Waals surface area (Å²) in [6, 6.07) is 4.90. The molecule has 1 amide bonds. The van der Waals surface area contributed by atoms with Gasteiger partial charge in [0.25, 0.3) is 5.91 Å². The molecule has 0 spiro atoms. The van der Waals surface area contributed by atoms with Crippen molar-refractivity contribution in [3.8, 4) is 0 Å². The van der Waals surface area contributed by atoms with Crippen LogP contribution in [0.1, 0.15) is 20.7 Å². The molecule has 0 atom stereocenters. The Morgan fingerprint density at radius 3 is 2.55 bits per heavy atom. The molecule has 102 valence electrons. The second-order valence-corrected chi connectivity index (χ2v) is 4.25. The molecule has 1 heterocycles. The smallest absolute Gasteiger partial charge is 0.335 e. The Morgan fingerprint density at radius 2 is 1.95 bits per heavy atom. The first-order valence-corrected chi connectivity index (χ1v) is 5.80. The van der Waals surface area contributed by atoms with Gasteiger partial charge in [-0.3, -0.25) is 9.78 Å². The van der Waals surface area contributed by atoms with Crippen LogP contribution < -0.4 is 5.32 Å². The van der Waals surface area contributed by atoms with Gasteiger partial charge in [0.15, 0.2) is 0 Å². The third-order valence-electron chi connectivity index (χ3n) is 2.43. The molecule has 2 N–H and O–H groups in total. The van der Waals surface area contributed by atoms with Crippen LogP contribution in [0, 0.1) is 5.82 Å². The summed E-state index contributed by atoms with van der Waals surface area (Å²) in [7, 11) is 0. The quantitative estimate of drug-likeness (QED) is 0.912. The van der Waals surface area contributed by atoms with E-state index < -0.39 is 17.7 Å². The normalized spacial score (nSPS) is 10.1. The molecule has 0 aliphatic heterocycles. The molecule has 5 nitrogen and oxygen atoms in total. The molecule has 1 aromatic heterocycles. The predicted molar refractivity (Wildman–Crippen MR) is 70.6 cm³/mol. The minimum atomic E-state index is -1.13. The average Bonchev–Trinajstić information content (AvgIpc) is 2.40. The number of rotatable bonds is 3. The number of anilines is 1. The average molecular weight is 295 g/mol. The number of hydrogen-bond acceptors (Lipinski definition) is 3. The summed E-state index contributed by atoms with van der Waals surface area (Å²) >= 11 is 5.87. The van der Waals surface area contributed by atoms with Crippen LogP contribution in [-0.4, -0.2) is 22.0 Å². The van der Waals surface area contributed by atoms with Crippen molar-refractivity contribution in [1.29, 1.82) is 0 Å². The van der Waals surface area contributed by atoms with E-state index >= 15 is 0 Å². The molecule has 2 aromatic rings. The van der Waals surface area contributed by atoms with Gasteiger partial charge in [-0.15, -0.1) is 0 Å². The number of carbonyl (C=O) groups excluding carboxylic acids is 1. The fourth-order valence-corrected chi connectivity index (χ4v) is 1.71. The van der Waals surface area contributed by atoms with Crippen LogP contribution in [0.4, 0.5) is 10.1 Å². The van der Waals surface area contributed by atoms with Crippen LogP contribution in [0.15, 0.2) is 36.7 Å². The topological polar surface area (TPSA) is 79.3 Å². The summed E-state index contributed by atoms with van der Waals surface area (Å²) in [6.07, 6.45) is 2.18. The van der Waals surface area contributed by atoms with E-state index in [4.69, 9.17) is 16.7 Å². The summed E-state index contributed by atoms with van der Waals surface area (Å²) in [5.41, 5.74) is 0.259. The van der Waals surface area contributed by atoms with Crippen molar-refractivity contribution in [1.82, 2.24) is 4.98 Å². The maximum Gasteiger partial charge on any atom is 0.335 e. The standard InChI is InChI=1S/C13H8ClFN2O3/c14-10-4-7(13(19)20)1-2-11(10)17-12(18)8-3-9(15)6-16-5-8/h1-6H,(H,17,18)(H,19,20). The van der Waals surface area contributed by atoms with Crippen molar-refractivity contribution in [3.05, 3.63) is 58.6 Å². The number of halogens is 2. The van der Waals surface area contributed by atoms with Gasteiger partial charge in [0.05, 0.1) is 28.0 Å². The lowest BCUT2D eigenvalue weighted by molar-refractivity contribution is 0.0696. The van der Waals surface area contributed by atoms with E-state index in [1.54, 1.807) is 0 Å². The summed E-state index contributed by atoms with van der Waals surface area (Å²) < 4.78 is 13.0. The van der Waals surface area contributed by atoms with Gasteiger partial charge in [-0.1, -0.05) is 11.6 Å². The molecular formula is C13H8ClFN2O3. The highest BCUT2D eigenvalue weighted by molar-refractivity contribution is 6.34. The molecule has 20 heavy (non-hydrogen) atoms. The van der Waals surface area contributed by atoms with Crippen molar-refractivity contribution in [3.63, 3.8) is 0 Å². The Hall–Kier alpha value is -2.47. The first kappa shape index (κ1) is 14.0. The molecule has 0 fully saturated rings. The highest BCUT2D eigenvalue weighted by Gasteiger charge is 2.11. The Kier molecular flexibility index (Phi) is 3.95. The molecule has 0 unspecified atom stereocenters. The summed E-state index contributed by atoms with van der Waals surface area (Å²) in [6.45, 7) is 0. The van der Waals surface area contributed by atoms with E-state index in [0.717, 1.165) is 12.3 Å². The first-order valence-electron chi connectivity index (χ1n) is 5.42. The van der Waals surface area contributed by atoms with Crippen LogP contribution in [0.25, 0.3) is 0 Å². The summed E-state index contributed by atoms with van der Waals surface area (Å²) in [5, 5.41) is 11.3. The number of amides is 1. The number of aromatic carboxylic acids is 1. The Balaban J connectivity index is 2.22. The molecule has 0 aliphatic rings. The fourth-order valence-electron chi connectivity index (χ4n) is 1.48. The summed E-state index contributed by atoms with van der Waals surface area (Å²) in [5.74, 6) is -2.36. The third kappa shape index (κ3) is 3.10. The Labute approximate surface area is 118 Å². The Morgan fingerprint density at radius 1 is 1.20 bits per heavy atom. The number of pyridine rings is 1.